The zero-order chi connectivity index (χ0) is 18.0. The number of hydrazone groups is 1. The molecule has 2 aromatic heterocycles. The number of aryl methyl sites for hydroxylation is 1. The molecular formula is C17H15N5O3. The normalized spacial score (nSPS) is 11.5. The van der Waals surface area contributed by atoms with E-state index in [4.69, 9.17) is 0 Å². The number of nitrogens with zero attached hydrogens (tertiary/aromatic N) is 4. The molecule has 3 rings (SSSR count). The first-order valence-corrected chi connectivity index (χ1v) is 7.50. The molecule has 0 aliphatic heterocycles. The van der Waals surface area contributed by atoms with Crippen LogP contribution < -0.4 is 5.43 Å². The van der Waals surface area contributed by atoms with Gasteiger partial charge in [0.25, 0.3) is 11.6 Å². The standard InChI is InChI=1S/C17H15N5O3/c1-11(13-6-8-14(9-7-13)22(24)25)19-20-17(23)16-12(2)18-15-5-3-4-10-21(15)16/h3-10H,1-2H3,(H,20,23). The van der Waals surface area contributed by atoms with Crippen molar-refractivity contribution in [2.45, 2.75) is 13.8 Å². The number of aromatic nitrogens is 2. The number of hydrogen-bond acceptors (Lipinski definition) is 5. The summed E-state index contributed by atoms with van der Waals surface area (Å²) < 4.78 is 1.70. The van der Waals surface area contributed by atoms with Crippen LogP contribution in [0.5, 0.6) is 0 Å². The molecule has 0 unspecified atom stereocenters. The van der Waals surface area contributed by atoms with Gasteiger partial charge in [-0.25, -0.2) is 10.4 Å². The summed E-state index contributed by atoms with van der Waals surface area (Å²) in [5.74, 6) is -0.377. The Bertz CT molecular complexity index is 989. The number of nitro benzene ring substituents is 1. The highest BCUT2D eigenvalue weighted by atomic mass is 16.6. The highest BCUT2D eigenvalue weighted by Gasteiger charge is 2.16. The second-order valence-electron chi connectivity index (χ2n) is 5.42. The monoisotopic (exact) mass is 337 g/mol. The lowest BCUT2D eigenvalue weighted by atomic mass is 10.1. The van der Waals surface area contributed by atoms with Crippen molar-refractivity contribution in [2.24, 2.45) is 5.10 Å². The summed E-state index contributed by atoms with van der Waals surface area (Å²) in [7, 11) is 0. The van der Waals surface area contributed by atoms with Crippen LogP contribution in [0, 0.1) is 17.0 Å². The van der Waals surface area contributed by atoms with Crippen molar-refractivity contribution in [3.8, 4) is 0 Å². The summed E-state index contributed by atoms with van der Waals surface area (Å²) in [6.07, 6.45) is 1.76. The van der Waals surface area contributed by atoms with Crippen LogP contribution in [0.3, 0.4) is 0 Å². The maximum atomic E-state index is 12.5. The van der Waals surface area contributed by atoms with Crippen molar-refractivity contribution in [2.75, 3.05) is 0 Å². The summed E-state index contributed by atoms with van der Waals surface area (Å²) in [4.78, 5) is 27.0. The molecule has 2 heterocycles. The van der Waals surface area contributed by atoms with Crippen LogP contribution in [-0.4, -0.2) is 25.9 Å². The van der Waals surface area contributed by atoms with Crippen molar-refractivity contribution >= 4 is 23.0 Å². The third-order valence-electron chi connectivity index (χ3n) is 3.74. The van der Waals surface area contributed by atoms with Gasteiger partial charge < -0.3 is 0 Å². The number of carbonyl (C=O) groups is 1. The molecule has 1 N–H and O–H groups in total. The van der Waals surface area contributed by atoms with Crippen molar-refractivity contribution < 1.29 is 9.72 Å². The lowest BCUT2D eigenvalue weighted by Crippen LogP contribution is -2.21. The zero-order valence-corrected chi connectivity index (χ0v) is 13.6. The van der Waals surface area contributed by atoms with Crippen LogP contribution in [0.1, 0.15) is 28.7 Å². The average Bonchev–Trinajstić information content (AvgIpc) is 2.95. The number of pyridine rings is 1. The topological polar surface area (TPSA) is 102 Å². The molecule has 0 radical (unpaired) electrons. The number of hydrogen-bond donors (Lipinski definition) is 1. The molecule has 0 aliphatic rings. The first-order chi connectivity index (χ1) is 12.0. The average molecular weight is 337 g/mol. The molecule has 3 aromatic rings. The van der Waals surface area contributed by atoms with Gasteiger partial charge in [0.05, 0.1) is 16.3 Å². The SMILES string of the molecule is CC(=NNC(=O)c1c(C)nc2ccccn12)c1ccc([N+](=O)[O-])cc1. The Morgan fingerprint density at radius 1 is 1.24 bits per heavy atom. The van der Waals surface area contributed by atoms with Gasteiger partial charge in [-0.05, 0) is 43.7 Å². The summed E-state index contributed by atoms with van der Waals surface area (Å²) in [5, 5.41) is 14.8. The van der Waals surface area contributed by atoms with Crippen LogP contribution >= 0.6 is 0 Å². The van der Waals surface area contributed by atoms with E-state index in [1.165, 1.54) is 12.1 Å². The molecule has 126 valence electrons. The number of carbonyl (C=O) groups excluding carboxylic acids is 1. The largest absolute Gasteiger partial charge is 0.295 e. The van der Waals surface area contributed by atoms with Gasteiger partial charge in [-0.2, -0.15) is 5.10 Å². The van der Waals surface area contributed by atoms with Crippen LogP contribution in [-0.2, 0) is 0 Å². The number of nitro groups is 1. The van der Waals surface area contributed by atoms with Crippen LogP contribution in [0.2, 0.25) is 0 Å². The molecule has 0 fully saturated rings. The van der Waals surface area contributed by atoms with Crippen molar-refractivity contribution in [3.63, 3.8) is 0 Å². The molecule has 0 bridgehead atoms. The number of amides is 1. The van der Waals surface area contributed by atoms with Crippen LogP contribution in [0.15, 0.2) is 53.8 Å². The molecular weight excluding hydrogens is 322 g/mol. The van der Waals surface area contributed by atoms with Gasteiger partial charge in [-0.1, -0.05) is 6.07 Å². The van der Waals surface area contributed by atoms with Crippen molar-refractivity contribution in [1.82, 2.24) is 14.8 Å². The molecule has 0 spiro atoms. The predicted octanol–water partition coefficient (Wildman–Crippen LogP) is 2.70. The van der Waals surface area contributed by atoms with Gasteiger partial charge in [-0.15, -0.1) is 0 Å². The van der Waals surface area contributed by atoms with Crippen molar-refractivity contribution in [3.05, 3.63) is 75.7 Å². The maximum absolute atomic E-state index is 12.5. The molecule has 0 atom stereocenters. The fourth-order valence-corrected chi connectivity index (χ4v) is 2.46. The molecule has 8 heteroatoms. The molecule has 25 heavy (non-hydrogen) atoms. The van der Waals surface area contributed by atoms with Crippen LogP contribution in [0.4, 0.5) is 5.69 Å². The molecule has 1 amide bonds. The zero-order valence-electron chi connectivity index (χ0n) is 13.6. The molecule has 8 nitrogen and oxygen atoms in total. The Kier molecular flexibility index (Phi) is 4.25. The lowest BCUT2D eigenvalue weighted by molar-refractivity contribution is -0.384. The minimum absolute atomic E-state index is 0.00180. The van der Waals surface area contributed by atoms with E-state index < -0.39 is 4.92 Å². The van der Waals surface area contributed by atoms with E-state index in [-0.39, 0.29) is 11.6 Å². The van der Waals surface area contributed by atoms with E-state index in [0.29, 0.717) is 28.3 Å². The van der Waals surface area contributed by atoms with E-state index in [0.717, 1.165) is 0 Å². The summed E-state index contributed by atoms with van der Waals surface area (Å²) in [6.45, 7) is 3.47. The summed E-state index contributed by atoms with van der Waals surface area (Å²) in [5.41, 5.74) is 5.43. The minimum Gasteiger partial charge on any atom is -0.295 e. The third-order valence-corrected chi connectivity index (χ3v) is 3.74. The fourth-order valence-electron chi connectivity index (χ4n) is 2.46. The summed E-state index contributed by atoms with van der Waals surface area (Å²) >= 11 is 0. The lowest BCUT2D eigenvalue weighted by Gasteiger charge is -2.04. The Morgan fingerprint density at radius 3 is 2.64 bits per heavy atom. The number of benzene rings is 1. The van der Waals surface area contributed by atoms with E-state index >= 15 is 0 Å². The van der Waals surface area contributed by atoms with Gasteiger partial charge in [0.15, 0.2) is 0 Å². The van der Waals surface area contributed by atoms with Gasteiger partial charge in [0.2, 0.25) is 0 Å². The Hall–Kier alpha value is -3.55. The van der Waals surface area contributed by atoms with E-state index in [1.54, 1.807) is 36.6 Å². The summed E-state index contributed by atoms with van der Waals surface area (Å²) in [6, 6.07) is 11.4. The number of fused-ring (bicyclic) bond motifs is 1. The quantitative estimate of drug-likeness (QED) is 0.449. The first-order valence-electron chi connectivity index (χ1n) is 7.50. The van der Waals surface area contributed by atoms with Gasteiger partial charge in [0.1, 0.15) is 11.3 Å². The Labute approximate surface area is 143 Å². The molecule has 1 aromatic carbocycles. The number of nitrogens with one attached hydrogen (secondary N) is 1. The highest BCUT2D eigenvalue weighted by molar-refractivity contribution is 6.01. The smallest absolute Gasteiger partial charge is 0.290 e. The molecule has 0 saturated heterocycles. The first kappa shape index (κ1) is 16.3. The highest BCUT2D eigenvalue weighted by Crippen LogP contribution is 2.13. The predicted molar refractivity (Wildman–Crippen MR) is 92.7 cm³/mol. The maximum Gasteiger partial charge on any atom is 0.290 e. The molecule has 0 aliphatic carbocycles. The number of imidazole rings is 1. The van der Waals surface area contributed by atoms with Crippen molar-refractivity contribution in [1.29, 1.82) is 0 Å². The minimum atomic E-state index is -0.467. The van der Waals surface area contributed by atoms with Gasteiger partial charge in [-0.3, -0.25) is 19.3 Å². The van der Waals surface area contributed by atoms with Crippen LogP contribution in [0.25, 0.3) is 5.65 Å². The van der Waals surface area contributed by atoms with E-state index in [2.05, 4.69) is 15.5 Å². The third kappa shape index (κ3) is 3.23. The van der Waals surface area contributed by atoms with E-state index in [1.807, 2.05) is 18.2 Å². The second kappa shape index (κ2) is 6.52. The number of rotatable bonds is 4. The van der Waals surface area contributed by atoms with Gasteiger partial charge in [0, 0.05) is 18.3 Å². The molecule has 0 saturated carbocycles. The Balaban J connectivity index is 1.81. The van der Waals surface area contributed by atoms with Gasteiger partial charge >= 0.3 is 0 Å². The fraction of sp³-hybridized carbons (Fsp3) is 0.118. The van der Waals surface area contributed by atoms with E-state index in [9.17, 15) is 14.9 Å². The number of non-ortho nitro benzene ring substituents is 1. The Morgan fingerprint density at radius 2 is 1.96 bits per heavy atom. The second-order valence-corrected chi connectivity index (χ2v) is 5.42.